The molecule has 1 N–H and O–H groups in total. The SMILES string of the molecule is Cc1cc(NC(=O)CN(c2cccc3ccccc23)S(=O)(=O)c2ccc(C)c(C)c2)no1. The van der Waals surface area contributed by atoms with E-state index in [9.17, 15) is 13.2 Å². The highest BCUT2D eigenvalue weighted by molar-refractivity contribution is 7.92. The summed E-state index contributed by atoms with van der Waals surface area (Å²) in [6, 6.07) is 19.4. The van der Waals surface area contributed by atoms with Gasteiger partial charge in [0.1, 0.15) is 12.3 Å². The van der Waals surface area contributed by atoms with Crippen LogP contribution in [-0.4, -0.2) is 26.0 Å². The van der Waals surface area contributed by atoms with Crippen molar-refractivity contribution in [2.24, 2.45) is 0 Å². The number of aromatic nitrogens is 1. The summed E-state index contributed by atoms with van der Waals surface area (Å²) in [7, 11) is -4.04. The Balaban J connectivity index is 1.80. The molecule has 0 aliphatic carbocycles. The van der Waals surface area contributed by atoms with Crippen LogP contribution in [0.2, 0.25) is 0 Å². The monoisotopic (exact) mass is 449 g/mol. The molecular formula is C24H23N3O4S. The molecule has 8 heteroatoms. The topological polar surface area (TPSA) is 92.5 Å². The number of nitrogens with one attached hydrogen (secondary N) is 1. The number of rotatable bonds is 6. The summed E-state index contributed by atoms with van der Waals surface area (Å²) >= 11 is 0. The summed E-state index contributed by atoms with van der Waals surface area (Å²) in [5, 5.41) is 7.96. The van der Waals surface area contributed by atoms with Crippen molar-refractivity contribution in [1.82, 2.24) is 5.16 Å². The first kappa shape index (κ1) is 21.6. The molecule has 0 bridgehead atoms. The van der Waals surface area contributed by atoms with Crippen LogP contribution in [0.25, 0.3) is 10.8 Å². The normalized spacial score (nSPS) is 11.5. The molecule has 0 saturated carbocycles. The maximum Gasteiger partial charge on any atom is 0.264 e. The Morgan fingerprint density at radius 3 is 2.44 bits per heavy atom. The molecule has 32 heavy (non-hydrogen) atoms. The Kier molecular flexibility index (Phi) is 5.71. The van der Waals surface area contributed by atoms with Crippen LogP contribution in [-0.2, 0) is 14.8 Å². The van der Waals surface area contributed by atoms with Crippen molar-refractivity contribution in [3.63, 3.8) is 0 Å². The van der Waals surface area contributed by atoms with Gasteiger partial charge >= 0.3 is 0 Å². The maximum atomic E-state index is 13.7. The standard InChI is InChI=1S/C24H23N3O4S/c1-16-11-12-20(13-17(16)2)32(29,30)27(15-24(28)25-23-14-18(3)31-26-23)22-10-6-8-19-7-4-5-9-21(19)22/h4-14H,15H2,1-3H3,(H,25,26,28). The number of fused-ring (bicyclic) bond motifs is 1. The number of aryl methyl sites for hydroxylation is 3. The summed E-state index contributed by atoms with van der Waals surface area (Å²) in [5.74, 6) is 0.238. The number of nitrogens with zero attached hydrogens (tertiary/aromatic N) is 2. The molecule has 3 aromatic carbocycles. The van der Waals surface area contributed by atoms with E-state index in [1.54, 1.807) is 43.3 Å². The molecular weight excluding hydrogens is 426 g/mol. The lowest BCUT2D eigenvalue weighted by atomic mass is 10.1. The zero-order valence-electron chi connectivity index (χ0n) is 18.0. The van der Waals surface area contributed by atoms with Crippen LogP contribution in [0.4, 0.5) is 11.5 Å². The summed E-state index contributed by atoms with van der Waals surface area (Å²) in [5.41, 5.74) is 2.26. The number of benzene rings is 3. The number of hydrogen-bond donors (Lipinski definition) is 1. The van der Waals surface area contributed by atoms with Crippen molar-refractivity contribution in [2.75, 3.05) is 16.2 Å². The minimum atomic E-state index is -4.04. The van der Waals surface area contributed by atoms with Gasteiger partial charge in [-0.1, -0.05) is 47.6 Å². The van der Waals surface area contributed by atoms with Gasteiger partial charge in [0.05, 0.1) is 10.6 Å². The molecule has 1 amide bonds. The van der Waals surface area contributed by atoms with Crippen molar-refractivity contribution in [1.29, 1.82) is 0 Å². The zero-order chi connectivity index (χ0) is 22.9. The molecule has 0 aliphatic heterocycles. The molecule has 4 rings (SSSR count). The first-order valence-corrected chi connectivity index (χ1v) is 11.5. The molecule has 0 saturated heterocycles. The van der Waals surface area contributed by atoms with Gasteiger partial charge in [-0.25, -0.2) is 8.42 Å². The van der Waals surface area contributed by atoms with Gasteiger partial charge in [0.15, 0.2) is 5.82 Å². The Morgan fingerprint density at radius 1 is 0.969 bits per heavy atom. The van der Waals surface area contributed by atoms with Crippen molar-refractivity contribution in [3.05, 3.63) is 83.6 Å². The third kappa shape index (κ3) is 4.22. The summed E-state index contributed by atoms with van der Waals surface area (Å²) in [6.45, 7) is 5.06. The molecule has 4 aromatic rings. The van der Waals surface area contributed by atoms with E-state index in [1.165, 1.54) is 0 Å². The third-order valence-electron chi connectivity index (χ3n) is 5.28. The van der Waals surface area contributed by atoms with Crippen LogP contribution in [0.3, 0.4) is 0 Å². The minimum absolute atomic E-state index is 0.124. The summed E-state index contributed by atoms with van der Waals surface area (Å²) < 4.78 is 33.6. The first-order chi connectivity index (χ1) is 15.3. The van der Waals surface area contributed by atoms with Gasteiger partial charge in [0.2, 0.25) is 5.91 Å². The van der Waals surface area contributed by atoms with Gasteiger partial charge in [0, 0.05) is 11.5 Å². The second-order valence-corrected chi connectivity index (χ2v) is 9.49. The van der Waals surface area contributed by atoms with E-state index in [0.29, 0.717) is 11.4 Å². The van der Waals surface area contributed by atoms with Gasteiger partial charge in [0.25, 0.3) is 10.0 Å². The van der Waals surface area contributed by atoms with E-state index in [0.717, 1.165) is 26.2 Å². The molecule has 1 aromatic heterocycles. The van der Waals surface area contributed by atoms with E-state index >= 15 is 0 Å². The molecule has 0 atom stereocenters. The number of sulfonamides is 1. The molecule has 0 spiro atoms. The van der Waals surface area contributed by atoms with Crippen LogP contribution in [0.5, 0.6) is 0 Å². The number of anilines is 2. The van der Waals surface area contributed by atoms with E-state index in [-0.39, 0.29) is 10.7 Å². The quantitative estimate of drug-likeness (QED) is 0.465. The van der Waals surface area contributed by atoms with Gasteiger partial charge in [-0.3, -0.25) is 9.10 Å². The lowest BCUT2D eigenvalue weighted by molar-refractivity contribution is -0.114. The van der Waals surface area contributed by atoms with Crippen LogP contribution in [0, 0.1) is 20.8 Å². The van der Waals surface area contributed by atoms with E-state index in [4.69, 9.17) is 4.52 Å². The molecule has 164 valence electrons. The smallest absolute Gasteiger partial charge is 0.264 e. The fourth-order valence-corrected chi connectivity index (χ4v) is 4.99. The Bertz CT molecular complexity index is 1400. The maximum absolute atomic E-state index is 13.7. The van der Waals surface area contributed by atoms with Crippen molar-refractivity contribution in [2.45, 2.75) is 25.7 Å². The highest BCUT2D eigenvalue weighted by Gasteiger charge is 2.29. The highest BCUT2D eigenvalue weighted by Crippen LogP contribution is 2.31. The molecule has 1 heterocycles. The summed E-state index contributed by atoms with van der Waals surface area (Å²) in [4.78, 5) is 13.0. The van der Waals surface area contributed by atoms with Crippen molar-refractivity contribution >= 4 is 38.2 Å². The molecule has 0 radical (unpaired) electrons. The predicted octanol–water partition coefficient (Wildman–Crippen LogP) is 4.59. The van der Waals surface area contributed by atoms with Gasteiger partial charge < -0.3 is 9.84 Å². The first-order valence-electron chi connectivity index (χ1n) is 10.1. The van der Waals surface area contributed by atoms with Gasteiger partial charge in [-0.05, 0) is 55.5 Å². The highest BCUT2D eigenvalue weighted by atomic mass is 32.2. The van der Waals surface area contributed by atoms with Crippen molar-refractivity contribution in [3.8, 4) is 0 Å². The second-order valence-electron chi connectivity index (χ2n) is 7.63. The lowest BCUT2D eigenvalue weighted by Gasteiger charge is -2.25. The van der Waals surface area contributed by atoms with E-state index < -0.39 is 22.5 Å². The Labute approximate surface area is 186 Å². The molecule has 0 unspecified atom stereocenters. The zero-order valence-corrected chi connectivity index (χ0v) is 18.8. The fraction of sp³-hybridized carbons (Fsp3) is 0.167. The Hall–Kier alpha value is -3.65. The van der Waals surface area contributed by atoms with Gasteiger partial charge in [-0.2, -0.15) is 0 Å². The van der Waals surface area contributed by atoms with Crippen molar-refractivity contribution < 1.29 is 17.7 Å². The minimum Gasteiger partial charge on any atom is -0.360 e. The summed E-state index contributed by atoms with van der Waals surface area (Å²) in [6.07, 6.45) is 0. The van der Waals surface area contributed by atoms with Crippen LogP contribution >= 0.6 is 0 Å². The molecule has 7 nitrogen and oxygen atoms in total. The average Bonchev–Trinajstić information content (AvgIpc) is 3.17. The number of carbonyl (C=O) groups is 1. The number of carbonyl (C=O) groups excluding carboxylic acids is 1. The predicted molar refractivity (Wildman–Crippen MR) is 124 cm³/mol. The molecule has 0 fully saturated rings. The van der Waals surface area contributed by atoms with E-state index in [1.807, 2.05) is 44.2 Å². The van der Waals surface area contributed by atoms with Crippen LogP contribution in [0.1, 0.15) is 16.9 Å². The lowest BCUT2D eigenvalue weighted by Crippen LogP contribution is -2.38. The molecule has 0 aliphatic rings. The number of hydrogen-bond acceptors (Lipinski definition) is 5. The fourth-order valence-electron chi connectivity index (χ4n) is 3.47. The third-order valence-corrected chi connectivity index (χ3v) is 7.04. The Morgan fingerprint density at radius 2 is 1.72 bits per heavy atom. The average molecular weight is 450 g/mol. The van der Waals surface area contributed by atoms with Crippen LogP contribution in [0.15, 0.2) is 76.1 Å². The largest absolute Gasteiger partial charge is 0.360 e. The number of amides is 1. The van der Waals surface area contributed by atoms with Gasteiger partial charge in [-0.15, -0.1) is 0 Å². The van der Waals surface area contributed by atoms with E-state index in [2.05, 4.69) is 10.5 Å². The van der Waals surface area contributed by atoms with Crippen LogP contribution < -0.4 is 9.62 Å². The second kappa shape index (κ2) is 8.47.